The zero-order valence-electron chi connectivity index (χ0n) is 14.0. The highest BCUT2D eigenvalue weighted by Gasteiger charge is 2.53. The number of carbonyl (C=O) groups excluding carboxylic acids is 1. The van der Waals surface area contributed by atoms with Gasteiger partial charge in [0.25, 0.3) is 0 Å². The zero-order valence-corrected chi connectivity index (χ0v) is 14.0. The number of nitrogens with one attached hydrogen (secondary N) is 2. The number of amides is 1. The lowest BCUT2D eigenvalue weighted by atomic mass is 9.87. The van der Waals surface area contributed by atoms with E-state index in [1.807, 2.05) is 30.3 Å². The molecule has 1 heterocycles. The van der Waals surface area contributed by atoms with Crippen LogP contribution in [0.2, 0.25) is 0 Å². The number of benzene rings is 1. The number of hydrogen-bond acceptors (Lipinski definition) is 3. The van der Waals surface area contributed by atoms with Crippen LogP contribution >= 0.6 is 0 Å². The molecule has 0 saturated carbocycles. The summed E-state index contributed by atoms with van der Waals surface area (Å²) in [6.07, 6.45) is -0.885. The predicted octanol–water partition coefficient (Wildman–Crippen LogP) is 1.91. The number of aryl methyl sites for hydroxylation is 1. The van der Waals surface area contributed by atoms with Gasteiger partial charge < -0.3 is 10.4 Å². The minimum atomic E-state index is -1.62. The van der Waals surface area contributed by atoms with E-state index in [-0.39, 0.29) is 12.5 Å². The van der Waals surface area contributed by atoms with Crippen LogP contribution < -0.4 is 10.6 Å². The number of aliphatic hydroxyl groups excluding tert-OH is 1. The summed E-state index contributed by atoms with van der Waals surface area (Å²) >= 11 is 0. The Morgan fingerprint density at radius 3 is 2.67 bits per heavy atom. The van der Waals surface area contributed by atoms with Crippen molar-refractivity contribution in [3.63, 3.8) is 0 Å². The molecule has 6 heteroatoms. The predicted molar refractivity (Wildman–Crippen MR) is 89.2 cm³/mol. The first kappa shape index (κ1) is 18.8. The van der Waals surface area contributed by atoms with Crippen molar-refractivity contribution in [1.82, 2.24) is 10.6 Å². The van der Waals surface area contributed by atoms with Crippen LogP contribution in [0.5, 0.6) is 0 Å². The summed E-state index contributed by atoms with van der Waals surface area (Å²) in [5.41, 5.74) is 0.0109. The molecule has 0 aromatic heterocycles. The molecule has 3 N–H and O–H groups in total. The number of rotatable bonds is 8. The molecule has 1 amide bonds. The first-order valence-electron chi connectivity index (χ1n) is 8.49. The number of hydrogen-bond donors (Lipinski definition) is 3. The minimum Gasteiger partial charge on any atom is -0.388 e. The highest BCUT2D eigenvalue weighted by atomic mass is 19.1. The maximum atomic E-state index is 14.7. The largest absolute Gasteiger partial charge is 0.388 e. The van der Waals surface area contributed by atoms with E-state index in [4.69, 9.17) is 0 Å². The second-order valence-corrected chi connectivity index (χ2v) is 6.42. The van der Waals surface area contributed by atoms with E-state index in [0.29, 0.717) is 19.3 Å². The Morgan fingerprint density at radius 2 is 2.08 bits per heavy atom. The molecule has 0 bridgehead atoms. The topological polar surface area (TPSA) is 61.4 Å². The molecule has 4 atom stereocenters. The molecule has 1 aromatic rings. The summed E-state index contributed by atoms with van der Waals surface area (Å²) in [5, 5.41) is 15.5. The van der Waals surface area contributed by atoms with Crippen LogP contribution in [-0.4, -0.2) is 48.1 Å². The lowest BCUT2D eigenvalue weighted by molar-refractivity contribution is -0.121. The molecule has 1 fully saturated rings. The van der Waals surface area contributed by atoms with Crippen molar-refractivity contribution >= 4 is 5.91 Å². The number of halogens is 2. The summed E-state index contributed by atoms with van der Waals surface area (Å²) < 4.78 is 27.8. The van der Waals surface area contributed by atoms with Gasteiger partial charge in [0.05, 0.1) is 11.6 Å². The van der Waals surface area contributed by atoms with Gasteiger partial charge in [0.2, 0.25) is 5.91 Å². The SMILES string of the molecule is CCC(=O)NC[C@@]1(CCCc2ccccc2)N[C@H](CF)[C@@H](O)[C@@H]1F. The van der Waals surface area contributed by atoms with Gasteiger partial charge in [-0.3, -0.25) is 10.1 Å². The second-order valence-electron chi connectivity index (χ2n) is 6.42. The molecular formula is C18H26F2N2O2. The van der Waals surface area contributed by atoms with Crippen LogP contribution in [0, 0.1) is 0 Å². The fourth-order valence-electron chi connectivity index (χ4n) is 3.28. The normalized spacial score (nSPS) is 29.6. The average molecular weight is 340 g/mol. The molecule has 134 valence electrons. The van der Waals surface area contributed by atoms with E-state index in [0.717, 1.165) is 12.0 Å². The summed E-state index contributed by atoms with van der Waals surface area (Å²) in [7, 11) is 0. The van der Waals surface area contributed by atoms with Gasteiger partial charge in [0, 0.05) is 13.0 Å². The Morgan fingerprint density at radius 1 is 1.38 bits per heavy atom. The van der Waals surface area contributed by atoms with Crippen LogP contribution in [0.3, 0.4) is 0 Å². The van der Waals surface area contributed by atoms with Crippen molar-refractivity contribution in [3.05, 3.63) is 35.9 Å². The third-order valence-corrected chi connectivity index (χ3v) is 4.73. The lowest BCUT2D eigenvalue weighted by Gasteiger charge is -2.32. The maximum Gasteiger partial charge on any atom is 0.219 e. The summed E-state index contributed by atoms with van der Waals surface area (Å²) in [6, 6.07) is 8.89. The maximum absolute atomic E-state index is 14.7. The quantitative estimate of drug-likeness (QED) is 0.677. The van der Waals surface area contributed by atoms with E-state index in [1.54, 1.807) is 6.92 Å². The Bertz CT molecular complexity index is 529. The summed E-state index contributed by atoms with van der Waals surface area (Å²) in [6.45, 7) is 0.915. The first-order chi connectivity index (χ1) is 11.5. The van der Waals surface area contributed by atoms with Crippen LogP contribution in [0.15, 0.2) is 30.3 Å². The number of alkyl halides is 2. The van der Waals surface area contributed by atoms with Crippen LogP contribution in [-0.2, 0) is 11.2 Å². The van der Waals surface area contributed by atoms with Gasteiger partial charge in [-0.15, -0.1) is 0 Å². The third kappa shape index (κ3) is 4.30. The van der Waals surface area contributed by atoms with Gasteiger partial charge in [-0.2, -0.15) is 0 Å². The van der Waals surface area contributed by atoms with Crippen molar-refractivity contribution in [2.24, 2.45) is 0 Å². The molecule has 1 aromatic carbocycles. The molecule has 24 heavy (non-hydrogen) atoms. The Labute approximate surface area is 141 Å². The van der Waals surface area contributed by atoms with E-state index in [2.05, 4.69) is 10.6 Å². The standard InChI is InChI=1S/C18H26F2N2O2/c1-2-15(23)21-12-18(17(20)16(24)14(11-19)22-18)10-6-9-13-7-4-3-5-8-13/h3-5,7-8,14,16-17,22,24H,2,6,9-12H2,1H3,(H,21,23)/t14-,16-,17+,18-/m1/s1. The van der Waals surface area contributed by atoms with E-state index >= 15 is 0 Å². The van der Waals surface area contributed by atoms with E-state index in [1.165, 1.54) is 0 Å². The molecule has 0 radical (unpaired) electrons. The fourth-order valence-corrected chi connectivity index (χ4v) is 3.28. The lowest BCUT2D eigenvalue weighted by Crippen LogP contribution is -2.56. The Kier molecular flexibility index (Phi) is 6.69. The summed E-state index contributed by atoms with van der Waals surface area (Å²) in [4.78, 5) is 11.5. The zero-order chi connectivity index (χ0) is 17.6. The van der Waals surface area contributed by atoms with Gasteiger partial charge in [-0.25, -0.2) is 8.78 Å². The second kappa shape index (κ2) is 8.53. The molecule has 0 spiro atoms. The van der Waals surface area contributed by atoms with Gasteiger partial charge in [-0.05, 0) is 24.8 Å². The Balaban J connectivity index is 2.03. The van der Waals surface area contributed by atoms with Crippen molar-refractivity contribution in [3.8, 4) is 0 Å². The molecule has 4 nitrogen and oxygen atoms in total. The molecule has 1 saturated heterocycles. The third-order valence-electron chi connectivity index (χ3n) is 4.73. The highest BCUT2D eigenvalue weighted by molar-refractivity contribution is 5.75. The molecule has 1 aliphatic heterocycles. The van der Waals surface area contributed by atoms with E-state index in [9.17, 15) is 18.7 Å². The van der Waals surface area contributed by atoms with Gasteiger partial charge >= 0.3 is 0 Å². The monoisotopic (exact) mass is 340 g/mol. The molecule has 0 unspecified atom stereocenters. The van der Waals surface area contributed by atoms with Crippen molar-refractivity contribution in [2.45, 2.75) is 56.5 Å². The van der Waals surface area contributed by atoms with Gasteiger partial charge in [-0.1, -0.05) is 37.3 Å². The van der Waals surface area contributed by atoms with Crippen LogP contribution in [0.4, 0.5) is 8.78 Å². The van der Waals surface area contributed by atoms with Gasteiger partial charge in [0.1, 0.15) is 19.0 Å². The fraction of sp³-hybridized carbons (Fsp3) is 0.611. The Hall–Kier alpha value is -1.53. The average Bonchev–Trinajstić information content (AvgIpc) is 2.85. The minimum absolute atomic E-state index is 0.0448. The van der Waals surface area contributed by atoms with Gasteiger partial charge in [0.15, 0.2) is 0 Å². The first-order valence-corrected chi connectivity index (χ1v) is 8.49. The molecule has 1 aliphatic rings. The van der Waals surface area contributed by atoms with Crippen LogP contribution in [0.1, 0.15) is 31.7 Å². The van der Waals surface area contributed by atoms with Crippen LogP contribution in [0.25, 0.3) is 0 Å². The number of aliphatic hydroxyl groups is 1. The molecule has 2 rings (SSSR count). The molecule has 0 aliphatic carbocycles. The smallest absolute Gasteiger partial charge is 0.219 e. The highest BCUT2D eigenvalue weighted by Crippen LogP contribution is 2.32. The van der Waals surface area contributed by atoms with Crippen molar-refractivity contribution in [1.29, 1.82) is 0 Å². The van der Waals surface area contributed by atoms with Crippen molar-refractivity contribution < 1.29 is 18.7 Å². The molecular weight excluding hydrogens is 314 g/mol. The van der Waals surface area contributed by atoms with E-state index < -0.39 is 30.5 Å². The summed E-state index contributed by atoms with van der Waals surface area (Å²) in [5.74, 6) is -0.190. The number of carbonyl (C=O) groups is 1. The van der Waals surface area contributed by atoms with Crippen molar-refractivity contribution in [2.75, 3.05) is 13.2 Å².